The molecule has 1 N–H and O–H groups in total. The number of ether oxygens (including phenoxy) is 2. The SMILES string of the molecule is CC1=C[C@@H](C)[C@H]2CO[C@H](c3ccc(OC(=O)NC4CCCCC4)cc3)[C@@H]1[C@@H]2C. The van der Waals surface area contributed by atoms with E-state index in [-0.39, 0.29) is 18.2 Å². The Morgan fingerprint density at radius 2 is 1.82 bits per heavy atom. The van der Waals surface area contributed by atoms with E-state index >= 15 is 0 Å². The third kappa shape index (κ3) is 3.98. The van der Waals surface area contributed by atoms with E-state index in [4.69, 9.17) is 9.47 Å². The first kappa shape index (κ1) is 19.5. The lowest BCUT2D eigenvalue weighted by atomic mass is 9.64. The van der Waals surface area contributed by atoms with Crippen LogP contribution in [-0.4, -0.2) is 18.7 Å². The maximum atomic E-state index is 12.2. The van der Waals surface area contributed by atoms with Gasteiger partial charge in [-0.3, -0.25) is 0 Å². The lowest BCUT2D eigenvalue weighted by Crippen LogP contribution is -2.42. The highest BCUT2D eigenvalue weighted by Gasteiger charge is 2.43. The average molecular weight is 384 g/mol. The van der Waals surface area contributed by atoms with Crippen LogP contribution in [0.3, 0.4) is 0 Å². The topological polar surface area (TPSA) is 47.6 Å². The van der Waals surface area contributed by atoms with Crippen LogP contribution >= 0.6 is 0 Å². The summed E-state index contributed by atoms with van der Waals surface area (Å²) >= 11 is 0. The van der Waals surface area contributed by atoms with E-state index in [2.05, 4.69) is 32.2 Å². The van der Waals surface area contributed by atoms with Gasteiger partial charge < -0.3 is 14.8 Å². The van der Waals surface area contributed by atoms with Gasteiger partial charge in [-0.05, 0) is 55.2 Å². The first-order valence-electron chi connectivity index (χ1n) is 10.9. The van der Waals surface area contributed by atoms with Crippen molar-refractivity contribution in [2.24, 2.45) is 23.7 Å². The maximum Gasteiger partial charge on any atom is 0.412 e. The summed E-state index contributed by atoms with van der Waals surface area (Å²) in [4.78, 5) is 12.2. The van der Waals surface area contributed by atoms with Crippen LogP contribution in [0, 0.1) is 23.7 Å². The molecule has 2 aliphatic carbocycles. The number of hydrogen-bond acceptors (Lipinski definition) is 3. The lowest BCUT2D eigenvalue weighted by molar-refractivity contribution is -0.0934. The van der Waals surface area contributed by atoms with Gasteiger partial charge in [0, 0.05) is 12.0 Å². The number of nitrogens with one attached hydrogen (secondary N) is 1. The number of rotatable bonds is 3. The van der Waals surface area contributed by atoms with Crippen LogP contribution in [-0.2, 0) is 4.74 Å². The van der Waals surface area contributed by atoms with E-state index in [0.29, 0.717) is 29.4 Å². The number of benzene rings is 1. The van der Waals surface area contributed by atoms with Crippen LogP contribution in [0.2, 0.25) is 0 Å². The number of carbonyl (C=O) groups is 1. The van der Waals surface area contributed by atoms with Crippen molar-refractivity contribution in [2.45, 2.75) is 65.0 Å². The molecule has 1 saturated heterocycles. The fraction of sp³-hybridized carbons (Fsp3) is 0.625. The molecule has 4 heteroatoms. The number of hydrogen-bond donors (Lipinski definition) is 1. The first-order chi connectivity index (χ1) is 13.5. The van der Waals surface area contributed by atoms with Gasteiger partial charge in [0.05, 0.1) is 12.7 Å². The van der Waals surface area contributed by atoms with Crippen LogP contribution < -0.4 is 10.1 Å². The average Bonchev–Trinajstić information content (AvgIpc) is 2.67. The molecule has 4 nitrogen and oxygen atoms in total. The van der Waals surface area contributed by atoms with E-state index in [1.54, 1.807) is 0 Å². The molecule has 2 bridgehead atoms. The molecule has 0 radical (unpaired) electrons. The van der Waals surface area contributed by atoms with E-state index in [0.717, 1.165) is 25.0 Å². The van der Waals surface area contributed by atoms with Crippen molar-refractivity contribution >= 4 is 6.09 Å². The van der Waals surface area contributed by atoms with Gasteiger partial charge in [0.15, 0.2) is 0 Å². The van der Waals surface area contributed by atoms with E-state index in [1.165, 1.54) is 24.8 Å². The van der Waals surface area contributed by atoms with Gasteiger partial charge in [-0.15, -0.1) is 0 Å². The Bertz CT molecular complexity index is 720. The minimum atomic E-state index is -0.343. The van der Waals surface area contributed by atoms with Gasteiger partial charge >= 0.3 is 6.09 Å². The lowest BCUT2D eigenvalue weighted by Gasteiger charge is -2.47. The minimum Gasteiger partial charge on any atom is -0.410 e. The van der Waals surface area contributed by atoms with Crippen LogP contribution in [0.25, 0.3) is 0 Å². The molecule has 3 aliphatic rings. The Kier molecular flexibility index (Phi) is 5.77. The molecule has 152 valence electrons. The number of fused-ring (bicyclic) bond motifs is 2. The Morgan fingerprint density at radius 1 is 1.11 bits per heavy atom. The zero-order valence-electron chi connectivity index (χ0n) is 17.3. The molecule has 0 spiro atoms. The third-order valence-corrected chi connectivity index (χ3v) is 7.11. The van der Waals surface area contributed by atoms with E-state index in [1.807, 2.05) is 24.3 Å². The summed E-state index contributed by atoms with van der Waals surface area (Å²) in [5.74, 6) is 2.83. The second-order valence-electron chi connectivity index (χ2n) is 9.01. The molecule has 1 aromatic carbocycles. The summed E-state index contributed by atoms with van der Waals surface area (Å²) in [5.41, 5.74) is 2.60. The summed E-state index contributed by atoms with van der Waals surface area (Å²) in [6, 6.07) is 8.13. The zero-order valence-corrected chi connectivity index (χ0v) is 17.3. The zero-order chi connectivity index (χ0) is 19.7. The fourth-order valence-corrected chi connectivity index (χ4v) is 5.52. The standard InChI is InChI=1S/C24H33NO3/c1-15-13-16(2)22-17(3)21(15)14-27-23(22)18-9-11-20(12-10-18)28-24(26)25-19-7-5-4-6-8-19/h9-13,15,17,19,21-23H,4-8,14H2,1-3H3,(H,25,26)/t15-,17-,21-,22+,23-/m1/s1. The smallest absolute Gasteiger partial charge is 0.410 e. The predicted molar refractivity (Wildman–Crippen MR) is 110 cm³/mol. The number of amides is 1. The quantitative estimate of drug-likeness (QED) is 0.687. The van der Waals surface area contributed by atoms with Crippen molar-refractivity contribution in [1.29, 1.82) is 0 Å². The van der Waals surface area contributed by atoms with Crippen LogP contribution in [0.4, 0.5) is 4.79 Å². The molecule has 1 aliphatic heterocycles. The Morgan fingerprint density at radius 3 is 2.54 bits per heavy atom. The fourth-order valence-electron chi connectivity index (χ4n) is 5.52. The normalized spacial score (nSPS) is 33.1. The third-order valence-electron chi connectivity index (χ3n) is 7.11. The molecule has 2 fully saturated rings. The molecule has 5 atom stereocenters. The van der Waals surface area contributed by atoms with Crippen LogP contribution in [0.15, 0.2) is 35.9 Å². The van der Waals surface area contributed by atoms with Crippen molar-refractivity contribution in [1.82, 2.24) is 5.32 Å². The highest BCUT2D eigenvalue weighted by atomic mass is 16.6. The molecule has 1 amide bonds. The van der Waals surface area contributed by atoms with E-state index in [9.17, 15) is 4.79 Å². The molecular weight excluding hydrogens is 350 g/mol. The van der Waals surface area contributed by atoms with Crippen molar-refractivity contribution in [3.05, 3.63) is 41.5 Å². The molecule has 0 unspecified atom stereocenters. The van der Waals surface area contributed by atoms with E-state index < -0.39 is 0 Å². The minimum absolute atomic E-state index is 0.0834. The summed E-state index contributed by atoms with van der Waals surface area (Å²) < 4.78 is 11.8. The summed E-state index contributed by atoms with van der Waals surface area (Å²) in [6.07, 6.45) is 7.93. The van der Waals surface area contributed by atoms with Crippen molar-refractivity contribution in [3.63, 3.8) is 0 Å². The Hall–Kier alpha value is -1.81. The second kappa shape index (κ2) is 8.28. The molecular formula is C24H33NO3. The molecule has 1 saturated carbocycles. The van der Waals surface area contributed by atoms with Crippen molar-refractivity contribution in [3.8, 4) is 5.75 Å². The molecule has 1 aromatic rings. The van der Waals surface area contributed by atoms with Crippen molar-refractivity contribution in [2.75, 3.05) is 6.61 Å². The Balaban J connectivity index is 1.40. The molecule has 28 heavy (non-hydrogen) atoms. The molecule has 1 heterocycles. The largest absolute Gasteiger partial charge is 0.412 e. The van der Waals surface area contributed by atoms with Gasteiger partial charge in [0.2, 0.25) is 0 Å². The molecule has 0 aromatic heterocycles. The number of allylic oxidation sites excluding steroid dienone is 1. The first-order valence-corrected chi connectivity index (χ1v) is 10.9. The van der Waals surface area contributed by atoms with Gasteiger partial charge in [0.25, 0.3) is 0 Å². The number of carbonyl (C=O) groups excluding carboxylic acids is 1. The summed E-state index contributed by atoms with van der Waals surface area (Å²) in [6.45, 7) is 7.72. The highest BCUT2D eigenvalue weighted by Crippen LogP contribution is 2.49. The predicted octanol–water partition coefficient (Wildman–Crippen LogP) is 5.64. The maximum absolute atomic E-state index is 12.2. The van der Waals surface area contributed by atoms with Gasteiger partial charge in [-0.1, -0.05) is 56.9 Å². The van der Waals surface area contributed by atoms with Gasteiger partial charge in [0.1, 0.15) is 5.75 Å². The monoisotopic (exact) mass is 383 g/mol. The van der Waals surface area contributed by atoms with Gasteiger partial charge in [-0.2, -0.15) is 0 Å². The van der Waals surface area contributed by atoms with Crippen molar-refractivity contribution < 1.29 is 14.3 Å². The summed E-state index contributed by atoms with van der Waals surface area (Å²) in [7, 11) is 0. The second-order valence-corrected chi connectivity index (χ2v) is 9.01. The molecule has 4 rings (SSSR count). The van der Waals surface area contributed by atoms with Crippen LogP contribution in [0.5, 0.6) is 5.75 Å². The Labute approximate surface area is 168 Å². The van der Waals surface area contributed by atoms with Gasteiger partial charge in [-0.25, -0.2) is 4.79 Å². The highest BCUT2D eigenvalue weighted by molar-refractivity contribution is 5.70. The summed E-state index contributed by atoms with van der Waals surface area (Å²) in [5, 5.41) is 3.00. The van der Waals surface area contributed by atoms with Crippen LogP contribution in [0.1, 0.15) is 64.5 Å².